The maximum absolute atomic E-state index is 13.5. The summed E-state index contributed by atoms with van der Waals surface area (Å²) < 4.78 is 13.5. The van der Waals surface area contributed by atoms with Crippen LogP contribution in [-0.4, -0.2) is 42.0 Å². The van der Waals surface area contributed by atoms with Gasteiger partial charge in [-0.05, 0) is 31.0 Å². The molecule has 2 fully saturated rings. The SMILES string of the molecule is Nc1c(F)cccc1CN1CCN2CCCCC2C1. The van der Waals surface area contributed by atoms with Gasteiger partial charge in [0, 0.05) is 32.2 Å². The van der Waals surface area contributed by atoms with E-state index in [0.29, 0.717) is 11.7 Å². The number of piperidine rings is 1. The number of anilines is 1. The summed E-state index contributed by atoms with van der Waals surface area (Å²) in [6.07, 6.45) is 3.99. The lowest BCUT2D eigenvalue weighted by Gasteiger charge is -2.44. The number of hydrogen-bond donors (Lipinski definition) is 1. The van der Waals surface area contributed by atoms with Crippen molar-refractivity contribution in [1.82, 2.24) is 9.80 Å². The molecule has 2 aliphatic heterocycles. The van der Waals surface area contributed by atoms with Crippen molar-refractivity contribution in [3.8, 4) is 0 Å². The number of benzene rings is 1. The second kappa shape index (κ2) is 5.47. The number of piperazine rings is 1. The molecule has 1 atom stereocenters. The van der Waals surface area contributed by atoms with Crippen LogP contribution in [0.15, 0.2) is 18.2 Å². The van der Waals surface area contributed by atoms with E-state index >= 15 is 0 Å². The van der Waals surface area contributed by atoms with Gasteiger partial charge in [-0.15, -0.1) is 0 Å². The van der Waals surface area contributed by atoms with Crippen molar-refractivity contribution in [3.05, 3.63) is 29.6 Å². The highest BCUT2D eigenvalue weighted by Crippen LogP contribution is 2.24. The van der Waals surface area contributed by atoms with Gasteiger partial charge in [0.25, 0.3) is 0 Å². The molecule has 0 radical (unpaired) electrons. The van der Waals surface area contributed by atoms with Crippen molar-refractivity contribution >= 4 is 5.69 Å². The molecule has 0 bridgehead atoms. The highest BCUT2D eigenvalue weighted by atomic mass is 19.1. The molecule has 0 amide bonds. The van der Waals surface area contributed by atoms with E-state index < -0.39 is 0 Å². The predicted octanol–water partition coefficient (Wildman–Crippen LogP) is 2.08. The zero-order valence-electron chi connectivity index (χ0n) is 11.3. The van der Waals surface area contributed by atoms with Crippen molar-refractivity contribution in [1.29, 1.82) is 0 Å². The van der Waals surface area contributed by atoms with E-state index in [0.717, 1.165) is 31.7 Å². The summed E-state index contributed by atoms with van der Waals surface area (Å²) in [5.41, 5.74) is 7.05. The van der Waals surface area contributed by atoms with Crippen LogP contribution in [-0.2, 0) is 6.54 Å². The Kier molecular flexibility index (Phi) is 3.71. The number of rotatable bonds is 2. The summed E-state index contributed by atoms with van der Waals surface area (Å²) in [6.45, 7) is 5.32. The lowest BCUT2D eigenvalue weighted by molar-refractivity contribution is 0.0457. The Labute approximate surface area is 114 Å². The van der Waals surface area contributed by atoms with Gasteiger partial charge in [-0.1, -0.05) is 18.6 Å². The molecule has 2 heterocycles. The number of nitrogens with zero attached hydrogens (tertiary/aromatic N) is 2. The van der Waals surface area contributed by atoms with E-state index in [1.807, 2.05) is 6.07 Å². The molecule has 0 aliphatic carbocycles. The Morgan fingerprint density at radius 3 is 3.00 bits per heavy atom. The molecule has 1 aromatic rings. The van der Waals surface area contributed by atoms with Crippen molar-refractivity contribution in [2.24, 2.45) is 0 Å². The van der Waals surface area contributed by atoms with E-state index in [4.69, 9.17) is 5.73 Å². The second-order valence-corrected chi connectivity index (χ2v) is 5.73. The predicted molar refractivity (Wildman–Crippen MR) is 75.3 cm³/mol. The molecule has 1 unspecified atom stereocenters. The first-order valence-corrected chi connectivity index (χ1v) is 7.23. The fourth-order valence-corrected chi connectivity index (χ4v) is 3.32. The molecule has 0 spiro atoms. The van der Waals surface area contributed by atoms with Crippen LogP contribution in [0.25, 0.3) is 0 Å². The normalized spacial score (nSPS) is 25.2. The molecule has 4 heteroatoms. The minimum Gasteiger partial charge on any atom is -0.396 e. The second-order valence-electron chi connectivity index (χ2n) is 5.73. The van der Waals surface area contributed by atoms with Gasteiger partial charge in [0.15, 0.2) is 0 Å². The monoisotopic (exact) mass is 263 g/mol. The minimum atomic E-state index is -0.297. The molecule has 104 valence electrons. The van der Waals surface area contributed by atoms with E-state index in [-0.39, 0.29) is 5.82 Å². The molecule has 3 rings (SSSR count). The zero-order chi connectivity index (χ0) is 13.2. The average Bonchev–Trinajstić information content (AvgIpc) is 2.44. The minimum absolute atomic E-state index is 0.297. The molecule has 2 N–H and O–H groups in total. The van der Waals surface area contributed by atoms with Crippen LogP contribution in [0.1, 0.15) is 24.8 Å². The van der Waals surface area contributed by atoms with E-state index in [1.54, 1.807) is 6.07 Å². The van der Waals surface area contributed by atoms with Gasteiger partial charge in [-0.2, -0.15) is 0 Å². The quantitative estimate of drug-likeness (QED) is 0.829. The maximum Gasteiger partial charge on any atom is 0.146 e. The van der Waals surface area contributed by atoms with Crippen molar-refractivity contribution in [3.63, 3.8) is 0 Å². The number of hydrogen-bond acceptors (Lipinski definition) is 3. The lowest BCUT2D eigenvalue weighted by Crippen LogP contribution is -2.54. The summed E-state index contributed by atoms with van der Waals surface area (Å²) in [4.78, 5) is 5.02. The fourth-order valence-electron chi connectivity index (χ4n) is 3.32. The molecule has 0 aromatic heterocycles. The first kappa shape index (κ1) is 12.9. The first-order chi connectivity index (χ1) is 9.24. The van der Waals surface area contributed by atoms with Gasteiger partial charge >= 0.3 is 0 Å². The molecule has 2 saturated heterocycles. The van der Waals surface area contributed by atoms with Crippen LogP contribution < -0.4 is 5.73 Å². The Morgan fingerprint density at radius 2 is 2.11 bits per heavy atom. The number of fused-ring (bicyclic) bond motifs is 1. The van der Waals surface area contributed by atoms with Gasteiger partial charge in [-0.3, -0.25) is 9.80 Å². The first-order valence-electron chi connectivity index (χ1n) is 7.23. The van der Waals surface area contributed by atoms with Crippen LogP contribution in [0.5, 0.6) is 0 Å². The van der Waals surface area contributed by atoms with Crippen LogP contribution in [0.4, 0.5) is 10.1 Å². The van der Waals surface area contributed by atoms with Crippen LogP contribution >= 0.6 is 0 Å². The summed E-state index contributed by atoms with van der Waals surface area (Å²) >= 11 is 0. The molecule has 19 heavy (non-hydrogen) atoms. The zero-order valence-corrected chi connectivity index (χ0v) is 11.3. The number of halogens is 1. The molecule has 3 nitrogen and oxygen atoms in total. The largest absolute Gasteiger partial charge is 0.396 e. The molecular weight excluding hydrogens is 241 g/mol. The summed E-state index contributed by atoms with van der Waals surface area (Å²) in [5, 5.41) is 0. The Bertz CT molecular complexity index is 449. The molecule has 1 aromatic carbocycles. The molecular formula is C15H22FN3. The van der Waals surface area contributed by atoms with Gasteiger partial charge in [-0.25, -0.2) is 4.39 Å². The number of nitrogens with two attached hydrogens (primary N) is 1. The van der Waals surface area contributed by atoms with Crippen molar-refractivity contribution < 1.29 is 4.39 Å². The standard InChI is InChI=1S/C15H22FN3/c16-14-6-3-4-12(15(14)17)10-18-8-9-19-7-2-1-5-13(19)11-18/h3-4,6,13H,1-2,5,7-11,17H2. The van der Waals surface area contributed by atoms with Gasteiger partial charge in [0.05, 0.1) is 5.69 Å². The highest BCUT2D eigenvalue weighted by molar-refractivity contribution is 5.47. The third-order valence-electron chi connectivity index (χ3n) is 4.46. The highest BCUT2D eigenvalue weighted by Gasteiger charge is 2.28. The summed E-state index contributed by atoms with van der Waals surface area (Å²) in [7, 11) is 0. The third-order valence-corrected chi connectivity index (χ3v) is 4.46. The van der Waals surface area contributed by atoms with Crippen LogP contribution in [0.2, 0.25) is 0 Å². The average molecular weight is 263 g/mol. The van der Waals surface area contributed by atoms with Crippen molar-refractivity contribution in [2.45, 2.75) is 31.8 Å². The van der Waals surface area contributed by atoms with Crippen molar-refractivity contribution in [2.75, 3.05) is 31.9 Å². The van der Waals surface area contributed by atoms with Gasteiger partial charge in [0.2, 0.25) is 0 Å². The van der Waals surface area contributed by atoms with E-state index in [2.05, 4.69) is 9.80 Å². The third kappa shape index (κ3) is 2.74. The summed E-state index contributed by atoms with van der Waals surface area (Å²) in [5.74, 6) is -0.297. The van der Waals surface area contributed by atoms with E-state index in [9.17, 15) is 4.39 Å². The Balaban J connectivity index is 1.66. The smallest absolute Gasteiger partial charge is 0.146 e. The topological polar surface area (TPSA) is 32.5 Å². The molecule has 2 aliphatic rings. The number of nitrogen functional groups attached to an aromatic ring is 1. The molecule has 0 saturated carbocycles. The summed E-state index contributed by atoms with van der Waals surface area (Å²) in [6, 6.07) is 5.80. The van der Waals surface area contributed by atoms with E-state index in [1.165, 1.54) is 31.9 Å². The lowest BCUT2D eigenvalue weighted by atomic mass is 9.99. The fraction of sp³-hybridized carbons (Fsp3) is 0.600. The Morgan fingerprint density at radius 1 is 1.21 bits per heavy atom. The maximum atomic E-state index is 13.5. The van der Waals surface area contributed by atoms with Gasteiger partial charge in [0.1, 0.15) is 5.82 Å². The Hall–Kier alpha value is -1.13. The van der Waals surface area contributed by atoms with Crippen LogP contribution in [0.3, 0.4) is 0 Å². The van der Waals surface area contributed by atoms with Crippen LogP contribution in [0, 0.1) is 5.82 Å². The van der Waals surface area contributed by atoms with Gasteiger partial charge < -0.3 is 5.73 Å². The number of para-hydroxylation sites is 1.